The molecule has 0 aliphatic heterocycles. The number of aromatic hydroxyl groups is 9. The molecule has 0 spiro atoms. The summed E-state index contributed by atoms with van der Waals surface area (Å²) in [7, 11) is 0. The molecule has 10 nitrogen and oxygen atoms in total. The first-order chi connectivity index (χ1) is 22.0. The third-order valence-electron chi connectivity index (χ3n) is 8.08. The van der Waals surface area contributed by atoms with Crippen LogP contribution in [0.25, 0.3) is 0 Å². The van der Waals surface area contributed by atoms with Crippen LogP contribution < -0.4 is 4.74 Å². The first-order valence-electron chi connectivity index (χ1n) is 14.5. The van der Waals surface area contributed by atoms with Crippen LogP contribution >= 0.6 is 0 Å². The molecule has 0 amide bonds. The van der Waals surface area contributed by atoms with Crippen molar-refractivity contribution in [3.63, 3.8) is 0 Å². The Bertz CT molecular complexity index is 1870. The number of benzene rings is 5. The highest BCUT2D eigenvalue weighted by molar-refractivity contribution is 5.56. The maximum absolute atomic E-state index is 11.4. The lowest BCUT2D eigenvalue weighted by Gasteiger charge is -2.37. The molecule has 5 aromatic rings. The Hall–Kier alpha value is -5.90. The number of rotatable bonds is 10. The van der Waals surface area contributed by atoms with Gasteiger partial charge in [-0.2, -0.15) is 0 Å². The molecule has 5 aromatic carbocycles. The van der Waals surface area contributed by atoms with Crippen molar-refractivity contribution in [3.8, 4) is 57.5 Å². The molecule has 9 N–H and O–H groups in total. The molecule has 0 heterocycles. The van der Waals surface area contributed by atoms with E-state index in [0.717, 1.165) is 12.1 Å². The fourth-order valence-corrected chi connectivity index (χ4v) is 6.05. The van der Waals surface area contributed by atoms with Crippen molar-refractivity contribution in [2.24, 2.45) is 0 Å². The van der Waals surface area contributed by atoms with Crippen LogP contribution in [0.5, 0.6) is 57.5 Å². The zero-order chi connectivity index (χ0) is 33.1. The Kier molecular flexibility index (Phi) is 8.90. The van der Waals surface area contributed by atoms with E-state index in [4.69, 9.17) is 4.74 Å². The van der Waals surface area contributed by atoms with Gasteiger partial charge in [-0.05, 0) is 77.9 Å². The minimum atomic E-state index is -0.932. The largest absolute Gasteiger partial charge is 0.508 e. The molecule has 0 bridgehead atoms. The number of ether oxygens (including phenoxy) is 1. The highest BCUT2D eigenvalue weighted by Crippen LogP contribution is 2.55. The SMILES string of the molecule is CCOc1cc(C(c2ccc(O)cc2O)C(c2ccc(O)cc2O)C(Cc2ccc(O)cc2O)c2ccc(O)cc2O)ccc1O. The van der Waals surface area contributed by atoms with E-state index in [9.17, 15) is 46.0 Å². The average molecular weight is 627 g/mol. The van der Waals surface area contributed by atoms with Gasteiger partial charge in [0.1, 0.15) is 46.0 Å². The van der Waals surface area contributed by atoms with Gasteiger partial charge in [0, 0.05) is 41.7 Å². The number of hydrogen-bond acceptors (Lipinski definition) is 10. The molecular weight excluding hydrogens is 592 g/mol. The second kappa shape index (κ2) is 13.0. The topological polar surface area (TPSA) is 191 Å². The molecule has 0 aliphatic carbocycles. The zero-order valence-electron chi connectivity index (χ0n) is 24.7. The Balaban J connectivity index is 1.88. The number of hydrogen-bond donors (Lipinski definition) is 9. The van der Waals surface area contributed by atoms with Crippen LogP contribution in [0.1, 0.15) is 52.5 Å². The molecule has 0 radical (unpaired) electrons. The van der Waals surface area contributed by atoms with Crippen LogP contribution in [0.2, 0.25) is 0 Å². The van der Waals surface area contributed by atoms with E-state index in [0.29, 0.717) is 22.3 Å². The Labute approximate surface area is 264 Å². The molecular formula is C36H34O10. The van der Waals surface area contributed by atoms with Gasteiger partial charge in [0.25, 0.3) is 0 Å². The maximum Gasteiger partial charge on any atom is 0.161 e. The van der Waals surface area contributed by atoms with Gasteiger partial charge in [-0.1, -0.05) is 30.3 Å². The molecule has 5 rings (SSSR count). The van der Waals surface area contributed by atoms with Gasteiger partial charge >= 0.3 is 0 Å². The Morgan fingerprint density at radius 2 is 1.00 bits per heavy atom. The minimum Gasteiger partial charge on any atom is -0.508 e. The standard InChI is InChI=1S/C36H34O10/c1-2-46-34-14-20(4-12-29(34)41)35(26-10-7-23(39)17-32(26)44)36(27-11-8-24(40)18-33(27)45)28(25-9-6-22(38)16-31(25)43)13-19-3-5-21(37)15-30(19)42/h3-12,14-18,28,35-45H,2,13H2,1H3. The molecule has 0 aromatic heterocycles. The molecule has 238 valence electrons. The second-order valence-corrected chi connectivity index (χ2v) is 11.0. The molecule has 10 heteroatoms. The van der Waals surface area contributed by atoms with Crippen LogP contribution in [0.4, 0.5) is 0 Å². The van der Waals surface area contributed by atoms with Crippen LogP contribution in [0.3, 0.4) is 0 Å². The van der Waals surface area contributed by atoms with Crippen molar-refractivity contribution < 1.29 is 50.7 Å². The van der Waals surface area contributed by atoms with E-state index in [1.807, 2.05) is 0 Å². The van der Waals surface area contributed by atoms with E-state index >= 15 is 0 Å². The summed E-state index contributed by atoms with van der Waals surface area (Å²) in [5, 5.41) is 95.8. The normalized spacial score (nSPS) is 13.2. The van der Waals surface area contributed by atoms with Gasteiger partial charge in [-0.3, -0.25) is 0 Å². The molecule has 46 heavy (non-hydrogen) atoms. The van der Waals surface area contributed by atoms with Crippen molar-refractivity contribution in [2.75, 3.05) is 6.61 Å². The number of phenolic OH excluding ortho intramolecular Hbond substituents is 9. The summed E-state index contributed by atoms with van der Waals surface area (Å²) in [5.74, 6) is -4.59. The molecule has 0 saturated heterocycles. The average Bonchev–Trinajstić information content (AvgIpc) is 2.99. The zero-order valence-corrected chi connectivity index (χ0v) is 24.7. The third-order valence-corrected chi connectivity index (χ3v) is 8.08. The monoisotopic (exact) mass is 626 g/mol. The summed E-state index contributed by atoms with van der Waals surface area (Å²) in [5.41, 5.74) is 1.74. The van der Waals surface area contributed by atoms with Gasteiger partial charge in [-0.25, -0.2) is 0 Å². The smallest absolute Gasteiger partial charge is 0.161 e. The van der Waals surface area contributed by atoms with Crippen molar-refractivity contribution in [1.82, 2.24) is 0 Å². The molecule has 3 atom stereocenters. The predicted octanol–water partition coefficient (Wildman–Crippen LogP) is 6.38. The van der Waals surface area contributed by atoms with E-state index < -0.39 is 17.8 Å². The lowest BCUT2D eigenvalue weighted by atomic mass is 9.66. The number of phenols is 9. The van der Waals surface area contributed by atoms with Crippen molar-refractivity contribution in [1.29, 1.82) is 0 Å². The maximum atomic E-state index is 11.4. The minimum absolute atomic E-state index is 0.00117. The Morgan fingerprint density at radius 3 is 1.52 bits per heavy atom. The summed E-state index contributed by atoms with van der Waals surface area (Å²) in [6.45, 7) is 1.99. The second-order valence-electron chi connectivity index (χ2n) is 11.0. The van der Waals surface area contributed by atoms with Gasteiger partial charge in [0.15, 0.2) is 11.5 Å². The molecule has 0 fully saturated rings. The van der Waals surface area contributed by atoms with Crippen molar-refractivity contribution in [2.45, 2.75) is 31.1 Å². The van der Waals surface area contributed by atoms with Crippen LogP contribution in [-0.4, -0.2) is 52.6 Å². The van der Waals surface area contributed by atoms with Crippen LogP contribution in [0, 0.1) is 0 Å². The van der Waals surface area contributed by atoms with Gasteiger partial charge in [0.2, 0.25) is 0 Å². The van der Waals surface area contributed by atoms with E-state index in [1.165, 1.54) is 66.7 Å². The molecule has 0 saturated carbocycles. The van der Waals surface area contributed by atoms with E-state index in [1.54, 1.807) is 19.1 Å². The van der Waals surface area contributed by atoms with Gasteiger partial charge in [-0.15, -0.1) is 0 Å². The highest BCUT2D eigenvalue weighted by Gasteiger charge is 2.39. The van der Waals surface area contributed by atoms with Gasteiger partial charge < -0.3 is 50.7 Å². The highest BCUT2D eigenvalue weighted by atomic mass is 16.5. The fraction of sp³-hybridized carbons (Fsp3) is 0.167. The molecule has 3 unspecified atom stereocenters. The lowest BCUT2D eigenvalue weighted by molar-refractivity contribution is 0.317. The first kappa shape index (κ1) is 31.5. The van der Waals surface area contributed by atoms with Crippen LogP contribution in [-0.2, 0) is 6.42 Å². The summed E-state index contributed by atoms with van der Waals surface area (Å²) >= 11 is 0. The summed E-state index contributed by atoms with van der Waals surface area (Å²) in [4.78, 5) is 0. The quantitative estimate of drug-likeness (QED) is 0.0841. The van der Waals surface area contributed by atoms with E-state index in [2.05, 4.69) is 0 Å². The molecule has 0 aliphatic rings. The lowest BCUT2D eigenvalue weighted by Crippen LogP contribution is -2.23. The van der Waals surface area contributed by atoms with Crippen molar-refractivity contribution in [3.05, 3.63) is 119 Å². The third kappa shape index (κ3) is 6.46. The Morgan fingerprint density at radius 1 is 0.500 bits per heavy atom. The van der Waals surface area contributed by atoms with Gasteiger partial charge in [0.05, 0.1) is 6.61 Å². The summed E-state index contributed by atoms with van der Waals surface area (Å²) in [6, 6.07) is 20.9. The van der Waals surface area contributed by atoms with Crippen molar-refractivity contribution >= 4 is 0 Å². The summed E-state index contributed by atoms with van der Waals surface area (Å²) in [6.07, 6.45) is 0.00117. The van der Waals surface area contributed by atoms with Crippen LogP contribution in [0.15, 0.2) is 91.0 Å². The van der Waals surface area contributed by atoms with E-state index in [-0.39, 0.29) is 76.1 Å². The first-order valence-corrected chi connectivity index (χ1v) is 14.5. The fourth-order valence-electron chi connectivity index (χ4n) is 6.05. The summed E-state index contributed by atoms with van der Waals surface area (Å²) < 4.78 is 5.68. The predicted molar refractivity (Wildman–Crippen MR) is 169 cm³/mol.